The largest absolute Gasteiger partial charge is 0.481 e. The zero-order valence-electron chi connectivity index (χ0n) is 11.1. The summed E-state index contributed by atoms with van der Waals surface area (Å²) in [6.45, 7) is 5.88. The molecule has 6 heteroatoms. The topological polar surface area (TPSA) is 67.8 Å². The molecule has 1 fully saturated rings. The summed E-state index contributed by atoms with van der Waals surface area (Å²) in [6.07, 6.45) is 0.173. The summed E-state index contributed by atoms with van der Waals surface area (Å²) in [5, 5.41) is 12.0. The molecule has 1 aromatic rings. The third-order valence-electron chi connectivity index (χ3n) is 2.78. The number of hydrogen-bond acceptors (Lipinski definition) is 5. The van der Waals surface area contributed by atoms with Crippen molar-refractivity contribution in [2.75, 3.05) is 13.2 Å². The quantitative estimate of drug-likeness (QED) is 0.831. The van der Waals surface area contributed by atoms with E-state index < -0.39 is 11.8 Å². The zero-order valence-corrected chi connectivity index (χ0v) is 12.0. The van der Waals surface area contributed by atoms with Crippen LogP contribution in [0.4, 0.5) is 0 Å². The lowest BCUT2D eigenvalue weighted by atomic mass is 10.3. The third-order valence-corrected chi connectivity index (χ3v) is 3.87. The van der Waals surface area contributed by atoms with Crippen molar-refractivity contribution < 1.29 is 19.4 Å². The second-order valence-corrected chi connectivity index (χ2v) is 6.27. The van der Waals surface area contributed by atoms with Crippen molar-refractivity contribution >= 4 is 17.3 Å². The molecule has 0 radical (unpaired) electrons. The fourth-order valence-corrected chi connectivity index (χ4v) is 2.96. The van der Waals surface area contributed by atoms with Gasteiger partial charge in [0.05, 0.1) is 19.1 Å². The molecule has 1 aliphatic heterocycles. The first-order chi connectivity index (χ1) is 8.94. The van der Waals surface area contributed by atoms with Crippen molar-refractivity contribution in [3.05, 3.63) is 21.9 Å². The maximum atomic E-state index is 10.6. The number of hydrogen-bond donors (Lipinski definition) is 2. The van der Waals surface area contributed by atoms with Gasteiger partial charge in [0.1, 0.15) is 0 Å². The van der Waals surface area contributed by atoms with Crippen LogP contribution in [-0.4, -0.2) is 36.1 Å². The van der Waals surface area contributed by atoms with Crippen LogP contribution in [0.2, 0.25) is 0 Å². The Morgan fingerprint density at radius 3 is 2.89 bits per heavy atom. The molecule has 106 valence electrons. The van der Waals surface area contributed by atoms with Crippen molar-refractivity contribution in [1.82, 2.24) is 5.32 Å². The number of aliphatic carboxylic acids is 1. The standard InChI is InChI=1S/C13H19NO4S/c1-13(2)17-8-9(18-13)6-14-7-11-4-3-10(19-11)5-12(15)16/h3-4,9,14H,5-8H2,1-2H3,(H,15,16). The van der Waals surface area contributed by atoms with Gasteiger partial charge >= 0.3 is 5.97 Å². The average Bonchev–Trinajstić information content (AvgIpc) is 2.85. The Kier molecular flexibility index (Phi) is 4.57. The Morgan fingerprint density at radius 2 is 2.26 bits per heavy atom. The smallest absolute Gasteiger partial charge is 0.308 e. The maximum absolute atomic E-state index is 10.6. The van der Waals surface area contributed by atoms with Gasteiger partial charge in [-0.1, -0.05) is 0 Å². The van der Waals surface area contributed by atoms with E-state index in [1.165, 1.54) is 11.3 Å². The summed E-state index contributed by atoms with van der Waals surface area (Å²) in [5.41, 5.74) is 0. The Hall–Kier alpha value is -0.950. The van der Waals surface area contributed by atoms with Crippen LogP contribution in [0.5, 0.6) is 0 Å². The molecule has 5 nitrogen and oxygen atoms in total. The van der Waals surface area contributed by atoms with Crippen LogP contribution in [0, 0.1) is 0 Å². The van der Waals surface area contributed by atoms with E-state index in [4.69, 9.17) is 14.6 Å². The fraction of sp³-hybridized carbons (Fsp3) is 0.615. The molecule has 0 aliphatic carbocycles. The van der Waals surface area contributed by atoms with Gasteiger partial charge in [-0.3, -0.25) is 4.79 Å². The first-order valence-electron chi connectivity index (χ1n) is 6.26. The van der Waals surface area contributed by atoms with Crippen LogP contribution in [0.1, 0.15) is 23.6 Å². The molecule has 0 saturated carbocycles. The van der Waals surface area contributed by atoms with Gasteiger partial charge in [0, 0.05) is 22.8 Å². The van der Waals surface area contributed by atoms with Gasteiger partial charge in [-0.2, -0.15) is 0 Å². The first-order valence-corrected chi connectivity index (χ1v) is 7.08. The number of thiophene rings is 1. The van der Waals surface area contributed by atoms with Crippen molar-refractivity contribution in [3.8, 4) is 0 Å². The molecule has 2 heterocycles. The molecular formula is C13H19NO4S. The van der Waals surface area contributed by atoms with Crippen LogP contribution in [0.3, 0.4) is 0 Å². The molecule has 1 saturated heterocycles. The van der Waals surface area contributed by atoms with Crippen LogP contribution in [-0.2, 0) is 27.2 Å². The van der Waals surface area contributed by atoms with Crippen molar-refractivity contribution in [2.45, 2.75) is 38.7 Å². The highest BCUT2D eigenvalue weighted by Crippen LogP contribution is 2.22. The molecule has 19 heavy (non-hydrogen) atoms. The maximum Gasteiger partial charge on any atom is 0.308 e. The molecular weight excluding hydrogens is 266 g/mol. The molecule has 1 atom stereocenters. The molecule has 1 unspecified atom stereocenters. The van der Waals surface area contributed by atoms with Crippen molar-refractivity contribution in [2.24, 2.45) is 0 Å². The van der Waals surface area contributed by atoms with E-state index in [0.29, 0.717) is 6.61 Å². The summed E-state index contributed by atoms with van der Waals surface area (Å²) >= 11 is 1.53. The van der Waals surface area contributed by atoms with E-state index in [1.807, 2.05) is 26.0 Å². The molecule has 1 aliphatic rings. The fourth-order valence-electron chi connectivity index (χ4n) is 1.98. The van der Waals surface area contributed by atoms with E-state index >= 15 is 0 Å². The average molecular weight is 285 g/mol. The lowest BCUT2D eigenvalue weighted by Crippen LogP contribution is -2.30. The van der Waals surface area contributed by atoms with E-state index in [2.05, 4.69) is 5.32 Å². The van der Waals surface area contributed by atoms with Gasteiger partial charge in [-0.25, -0.2) is 0 Å². The number of carboxylic acid groups (broad SMARTS) is 1. The van der Waals surface area contributed by atoms with Crippen LogP contribution in [0.15, 0.2) is 12.1 Å². The Bertz CT molecular complexity index is 444. The number of ether oxygens (including phenoxy) is 2. The molecule has 0 bridgehead atoms. The minimum absolute atomic E-state index is 0.0773. The Balaban J connectivity index is 1.71. The number of carbonyl (C=O) groups is 1. The monoisotopic (exact) mass is 285 g/mol. The van der Waals surface area contributed by atoms with E-state index in [-0.39, 0.29) is 12.5 Å². The summed E-state index contributed by atoms with van der Waals surface area (Å²) in [6, 6.07) is 3.83. The van der Waals surface area contributed by atoms with Crippen LogP contribution < -0.4 is 5.32 Å². The molecule has 2 rings (SSSR count). The predicted molar refractivity (Wildman–Crippen MR) is 72.3 cm³/mol. The summed E-state index contributed by atoms with van der Waals surface area (Å²) in [5.74, 6) is -1.27. The predicted octanol–water partition coefficient (Wildman–Crippen LogP) is 1.62. The first kappa shape index (κ1) is 14.5. The van der Waals surface area contributed by atoms with Crippen LogP contribution in [0.25, 0.3) is 0 Å². The van der Waals surface area contributed by atoms with E-state index in [9.17, 15) is 4.79 Å². The van der Waals surface area contributed by atoms with Crippen molar-refractivity contribution in [1.29, 1.82) is 0 Å². The molecule has 1 aromatic heterocycles. The molecule has 0 amide bonds. The van der Waals surface area contributed by atoms with Gasteiger partial charge in [0.25, 0.3) is 0 Å². The number of carboxylic acids is 1. The SMILES string of the molecule is CC1(C)OCC(CNCc2ccc(CC(=O)O)s2)O1. The lowest BCUT2D eigenvalue weighted by Gasteiger charge is -2.17. The van der Waals surface area contributed by atoms with E-state index in [0.717, 1.165) is 22.8 Å². The normalized spacial score (nSPS) is 21.7. The molecule has 2 N–H and O–H groups in total. The second-order valence-electron chi connectivity index (χ2n) is 5.02. The summed E-state index contributed by atoms with van der Waals surface area (Å²) in [4.78, 5) is 12.6. The highest BCUT2D eigenvalue weighted by atomic mass is 32.1. The third kappa shape index (κ3) is 4.58. The number of nitrogens with one attached hydrogen (secondary N) is 1. The van der Waals surface area contributed by atoms with Gasteiger partial charge in [0.2, 0.25) is 0 Å². The summed E-state index contributed by atoms with van der Waals surface area (Å²) < 4.78 is 11.2. The van der Waals surface area contributed by atoms with Gasteiger partial charge in [0.15, 0.2) is 5.79 Å². The Morgan fingerprint density at radius 1 is 1.53 bits per heavy atom. The Labute approximate surface area is 116 Å². The van der Waals surface area contributed by atoms with Crippen molar-refractivity contribution in [3.63, 3.8) is 0 Å². The minimum atomic E-state index is -0.792. The van der Waals surface area contributed by atoms with Crippen LogP contribution >= 0.6 is 11.3 Å². The molecule has 0 aromatic carbocycles. The molecule has 0 spiro atoms. The van der Waals surface area contributed by atoms with Gasteiger partial charge in [-0.15, -0.1) is 11.3 Å². The summed E-state index contributed by atoms with van der Waals surface area (Å²) in [7, 11) is 0. The lowest BCUT2D eigenvalue weighted by molar-refractivity contribution is -0.138. The number of rotatable bonds is 6. The van der Waals surface area contributed by atoms with E-state index in [1.54, 1.807) is 0 Å². The minimum Gasteiger partial charge on any atom is -0.481 e. The second kappa shape index (κ2) is 6.00. The zero-order chi connectivity index (χ0) is 13.9. The van der Waals surface area contributed by atoms with Gasteiger partial charge in [-0.05, 0) is 26.0 Å². The van der Waals surface area contributed by atoms with Gasteiger partial charge < -0.3 is 19.9 Å². The highest BCUT2D eigenvalue weighted by Gasteiger charge is 2.32. The highest BCUT2D eigenvalue weighted by molar-refractivity contribution is 7.12.